The molecule has 18 heavy (non-hydrogen) atoms. The molecule has 1 unspecified atom stereocenters. The maximum Gasteiger partial charge on any atom is 1.00 e. The fourth-order valence-electron chi connectivity index (χ4n) is 1.90. The van der Waals surface area contributed by atoms with Crippen molar-refractivity contribution >= 4 is 10.8 Å². The first kappa shape index (κ1) is 15.7. The fourth-order valence-corrected chi connectivity index (χ4v) is 3.38. The molecule has 0 amide bonds. The average molecular weight is 268 g/mol. The summed E-state index contributed by atoms with van der Waals surface area (Å²) in [5.74, 6) is 0.561. The average Bonchev–Trinajstić information content (AvgIpc) is 2.29. The quantitative estimate of drug-likeness (QED) is 0.536. The fraction of sp³-hybridized carbons (Fsp3) is 0.417. The van der Waals surface area contributed by atoms with E-state index in [0.29, 0.717) is 23.0 Å². The van der Waals surface area contributed by atoms with Crippen molar-refractivity contribution in [2.45, 2.75) is 25.4 Å². The Balaban J connectivity index is 0.00000162. The van der Waals surface area contributed by atoms with Gasteiger partial charge in [-0.2, -0.15) is 24.8 Å². The van der Waals surface area contributed by atoms with Crippen molar-refractivity contribution in [3.8, 4) is 0 Å². The topological polar surface area (TPSA) is 17.1 Å². The molecule has 1 nitrogen and oxygen atoms in total. The van der Waals surface area contributed by atoms with Gasteiger partial charge in [-0.15, -0.1) is 12.1 Å². The Kier molecular flexibility index (Phi) is 5.39. The molecule has 1 aliphatic rings. The van der Waals surface area contributed by atoms with Crippen LogP contribution in [0.5, 0.6) is 0 Å². The zero-order chi connectivity index (χ0) is 12.5. The molecule has 1 atom stereocenters. The van der Waals surface area contributed by atoms with Crippen LogP contribution < -0.4 is 18.9 Å². The van der Waals surface area contributed by atoms with Crippen molar-refractivity contribution in [3.63, 3.8) is 0 Å². The van der Waals surface area contributed by atoms with Gasteiger partial charge >= 0.3 is 25.0 Å². The molecule has 0 aromatic heterocycles. The molecule has 1 aromatic carbocycles. The molecule has 0 N–H and O–H groups in total. The van der Waals surface area contributed by atoms with E-state index in [4.69, 9.17) is 0 Å². The van der Waals surface area contributed by atoms with Gasteiger partial charge < -0.3 is 0 Å². The van der Waals surface area contributed by atoms with E-state index in [1.807, 2.05) is 0 Å². The van der Waals surface area contributed by atoms with Crippen molar-refractivity contribution in [2.24, 2.45) is 0 Å². The van der Waals surface area contributed by atoms with Crippen LogP contribution in [0.15, 0.2) is 24.3 Å². The molecule has 0 saturated carbocycles. The summed E-state index contributed by atoms with van der Waals surface area (Å²) in [6.07, 6.45) is -1.92. The molecular weight excluding hydrogens is 256 g/mol. The molecule has 1 heterocycles. The molecule has 94 valence electrons. The number of hydrogen-bond acceptors (Lipinski definition) is 1. The first-order chi connectivity index (χ1) is 7.98. The van der Waals surface area contributed by atoms with Crippen LogP contribution in [0.2, 0.25) is 0 Å². The Bertz CT molecular complexity index is 434. The van der Waals surface area contributed by atoms with Gasteiger partial charge in [-0.3, -0.25) is 4.21 Å². The first-order valence-electron chi connectivity index (χ1n) is 5.40. The van der Waals surface area contributed by atoms with Gasteiger partial charge in [0.1, 0.15) is 0 Å². The Hall–Kier alpha value is -0.373. The summed E-state index contributed by atoms with van der Waals surface area (Å²) in [7, 11) is -1.11. The number of benzene rings is 1. The summed E-state index contributed by atoms with van der Waals surface area (Å²) in [6, 6.07) is 5.11. The second-order valence-electron chi connectivity index (χ2n) is 4.01. The summed E-state index contributed by atoms with van der Waals surface area (Å²) < 4.78 is 49.4. The second kappa shape index (κ2) is 6.18. The normalized spacial score (nSPS) is 20.4. The van der Waals surface area contributed by atoms with Gasteiger partial charge in [0, 0.05) is 5.75 Å². The summed E-state index contributed by atoms with van der Waals surface area (Å²) in [5, 5.41) is 0.655. The molecule has 1 aromatic rings. The third-order valence-electron chi connectivity index (χ3n) is 2.77. The largest absolute Gasteiger partial charge is 1.00 e. The maximum absolute atomic E-state index is 12.5. The third-order valence-corrected chi connectivity index (χ3v) is 4.42. The van der Waals surface area contributed by atoms with E-state index < -0.39 is 22.5 Å². The van der Waals surface area contributed by atoms with Crippen molar-refractivity contribution < 1.29 is 36.2 Å². The smallest absolute Gasteiger partial charge is 0.268 e. The van der Waals surface area contributed by atoms with Crippen LogP contribution in [0.3, 0.4) is 0 Å². The predicted molar refractivity (Wildman–Crippen MR) is 60.6 cm³/mol. The molecule has 0 spiro atoms. The summed E-state index contributed by atoms with van der Waals surface area (Å²) in [5.41, 5.74) is -0.206. The Morgan fingerprint density at radius 3 is 2.56 bits per heavy atom. The molecule has 1 fully saturated rings. The molecular formula is C12H12F3LiOS. The van der Waals surface area contributed by atoms with Crippen molar-refractivity contribution in [1.82, 2.24) is 0 Å². The minimum Gasteiger partial charge on any atom is -0.268 e. The molecule has 2 rings (SSSR count). The summed E-state index contributed by atoms with van der Waals surface area (Å²) in [6.45, 7) is 0. The van der Waals surface area contributed by atoms with E-state index in [2.05, 4.69) is 0 Å². The van der Waals surface area contributed by atoms with Gasteiger partial charge in [-0.1, -0.05) is 24.2 Å². The molecule has 1 saturated heterocycles. The van der Waals surface area contributed by atoms with Crippen LogP contribution in [0.4, 0.5) is 13.2 Å². The van der Waals surface area contributed by atoms with Gasteiger partial charge in [0.05, 0.1) is 0 Å². The van der Waals surface area contributed by atoms with E-state index in [9.17, 15) is 17.4 Å². The Morgan fingerprint density at radius 2 is 1.94 bits per heavy atom. The zero-order valence-electron chi connectivity index (χ0n) is 10.1. The number of rotatable bonds is 1. The molecule has 6 heteroatoms. The number of alkyl halides is 3. The minimum atomic E-state index is -4.34. The van der Waals surface area contributed by atoms with Gasteiger partial charge in [0.25, 0.3) is 0 Å². The first-order valence-corrected chi connectivity index (χ1v) is 6.72. The van der Waals surface area contributed by atoms with E-state index in [1.165, 1.54) is 6.07 Å². The Labute approximate surface area is 119 Å². The van der Waals surface area contributed by atoms with Crippen LogP contribution in [-0.2, 0) is 17.0 Å². The zero-order valence-corrected chi connectivity index (χ0v) is 10.9. The second-order valence-corrected chi connectivity index (χ2v) is 5.60. The number of halogens is 3. The molecule has 0 radical (unpaired) electrons. The summed E-state index contributed by atoms with van der Waals surface area (Å²) in [4.78, 5) is 0. The van der Waals surface area contributed by atoms with Gasteiger partial charge in [-0.25, -0.2) is 0 Å². The molecule has 1 aliphatic heterocycles. The van der Waals surface area contributed by atoms with E-state index >= 15 is 0 Å². The van der Waals surface area contributed by atoms with Crippen LogP contribution in [-0.4, -0.2) is 9.96 Å². The van der Waals surface area contributed by atoms with Crippen molar-refractivity contribution in [2.75, 3.05) is 5.75 Å². The van der Waals surface area contributed by atoms with E-state index in [0.717, 1.165) is 25.0 Å². The van der Waals surface area contributed by atoms with Crippen molar-refractivity contribution in [1.29, 1.82) is 0 Å². The van der Waals surface area contributed by atoms with E-state index in [1.54, 1.807) is 6.07 Å². The SMILES string of the molecule is O=S1CCCC[C-]1c1cccc(C(F)(F)F)c1.[Li+]. The van der Waals surface area contributed by atoms with Crippen molar-refractivity contribution in [3.05, 3.63) is 40.6 Å². The molecule has 0 bridgehead atoms. The van der Waals surface area contributed by atoms with Crippen LogP contribution in [0, 0.1) is 5.25 Å². The van der Waals surface area contributed by atoms with Gasteiger partial charge in [0.15, 0.2) is 0 Å². The molecule has 0 aliphatic carbocycles. The third kappa shape index (κ3) is 3.56. The minimum absolute atomic E-state index is 0. The predicted octanol–water partition coefficient (Wildman–Crippen LogP) is 0.522. The van der Waals surface area contributed by atoms with Crippen LogP contribution in [0.25, 0.3) is 0 Å². The monoisotopic (exact) mass is 268 g/mol. The standard InChI is InChI=1S/C12H12F3OS.Li/c13-12(14,15)10-5-3-4-9(8-10)11-6-1-2-7-17(11)16;/h3-5,8H,1-2,6-7H2;/q-1;+1. The van der Waals surface area contributed by atoms with Crippen LogP contribution in [0.1, 0.15) is 30.4 Å². The van der Waals surface area contributed by atoms with Gasteiger partial charge in [0.2, 0.25) is 0 Å². The number of hydrogen-bond donors (Lipinski definition) is 0. The van der Waals surface area contributed by atoms with Crippen LogP contribution >= 0.6 is 0 Å². The van der Waals surface area contributed by atoms with Gasteiger partial charge in [-0.05, 0) is 22.8 Å². The summed E-state index contributed by atoms with van der Waals surface area (Å²) >= 11 is 0. The maximum atomic E-state index is 12.5. The Morgan fingerprint density at radius 1 is 1.22 bits per heavy atom. The van der Waals surface area contributed by atoms with E-state index in [-0.39, 0.29) is 18.9 Å².